The third-order valence-corrected chi connectivity index (χ3v) is 2.53. The first-order valence-corrected chi connectivity index (χ1v) is 5.48. The van der Waals surface area contributed by atoms with Gasteiger partial charge in [0.2, 0.25) is 0 Å². The van der Waals surface area contributed by atoms with Crippen LogP contribution in [0.4, 0.5) is 0 Å². The van der Waals surface area contributed by atoms with Gasteiger partial charge in [-0.2, -0.15) is 5.26 Å². The van der Waals surface area contributed by atoms with Crippen LogP contribution in [0.25, 0.3) is 0 Å². The second-order valence-corrected chi connectivity index (χ2v) is 3.76. The summed E-state index contributed by atoms with van der Waals surface area (Å²) < 4.78 is 4.81. The van der Waals surface area contributed by atoms with Gasteiger partial charge in [0.25, 0.3) is 0 Å². The number of carbonyl (C=O) groups is 1. The summed E-state index contributed by atoms with van der Waals surface area (Å²) in [4.78, 5) is 11.3. The molecule has 17 heavy (non-hydrogen) atoms. The van der Waals surface area contributed by atoms with E-state index in [1.807, 2.05) is 6.07 Å². The Morgan fingerprint density at radius 1 is 1.53 bits per heavy atom. The standard InChI is InChI=1S/C12H12ClNO3/c1-2-17-12(16)5-8-3-9(6-14)11(13)4-10(8)7-15/h3-4,15H,2,5,7H2,1H3. The van der Waals surface area contributed by atoms with Gasteiger partial charge in [0.1, 0.15) is 6.07 Å². The first-order chi connectivity index (χ1) is 8.12. The molecule has 0 atom stereocenters. The minimum absolute atomic E-state index is 0.0234. The van der Waals surface area contributed by atoms with Crippen LogP contribution in [0.2, 0.25) is 5.02 Å². The average Bonchev–Trinajstić information content (AvgIpc) is 2.31. The van der Waals surface area contributed by atoms with Crippen LogP contribution in [0.3, 0.4) is 0 Å². The van der Waals surface area contributed by atoms with Crippen molar-refractivity contribution in [3.05, 3.63) is 33.8 Å². The molecule has 0 aliphatic rings. The summed E-state index contributed by atoms with van der Waals surface area (Å²) >= 11 is 5.83. The Morgan fingerprint density at radius 3 is 2.76 bits per heavy atom. The molecule has 0 aromatic heterocycles. The SMILES string of the molecule is CCOC(=O)Cc1cc(C#N)c(Cl)cc1CO. The molecular formula is C12H12ClNO3. The number of nitriles is 1. The van der Waals surface area contributed by atoms with Crippen LogP contribution in [-0.2, 0) is 22.6 Å². The molecule has 0 heterocycles. The molecule has 0 amide bonds. The van der Waals surface area contributed by atoms with Gasteiger partial charge in [0.15, 0.2) is 0 Å². The van der Waals surface area contributed by atoms with E-state index in [-0.39, 0.29) is 23.6 Å². The van der Waals surface area contributed by atoms with Crippen LogP contribution in [0.15, 0.2) is 12.1 Å². The molecule has 0 aliphatic heterocycles. The minimum Gasteiger partial charge on any atom is -0.466 e. The fourth-order valence-electron chi connectivity index (χ4n) is 1.42. The first kappa shape index (κ1) is 13.5. The van der Waals surface area contributed by atoms with E-state index in [1.54, 1.807) is 6.92 Å². The number of carbonyl (C=O) groups excluding carboxylic acids is 1. The molecule has 1 N–H and O–H groups in total. The lowest BCUT2D eigenvalue weighted by Gasteiger charge is -2.08. The summed E-state index contributed by atoms with van der Waals surface area (Å²) in [5, 5.41) is 18.3. The van der Waals surface area contributed by atoms with Crippen molar-refractivity contribution in [1.82, 2.24) is 0 Å². The van der Waals surface area contributed by atoms with Gasteiger partial charge in [-0.25, -0.2) is 0 Å². The van der Waals surface area contributed by atoms with Gasteiger partial charge in [-0.15, -0.1) is 0 Å². The number of rotatable bonds is 4. The van der Waals surface area contributed by atoms with E-state index in [9.17, 15) is 4.79 Å². The number of hydrogen-bond donors (Lipinski definition) is 1. The summed E-state index contributed by atoms with van der Waals surface area (Å²) in [5.41, 5.74) is 1.37. The van der Waals surface area contributed by atoms with Crippen LogP contribution in [0, 0.1) is 11.3 Å². The van der Waals surface area contributed by atoms with Crippen LogP contribution in [0.1, 0.15) is 23.6 Å². The van der Waals surface area contributed by atoms with Crippen LogP contribution in [0.5, 0.6) is 0 Å². The number of aliphatic hydroxyl groups is 1. The lowest BCUT2D eigenvalue weighted by Crippen LogP contribution is -2.09. The van der Waals surface area contributed by atoms with E-state index in [0.29, 0.717) is 17.7 Å². The molecule has 0 saturated carbocycles. The quantitative estimate of drug-likeness (QED) is 0.831. The minimum atomic E-state index is -0.395. The lowest BCUT2D eigenvalue weighted by molar-refractivity contribution is -0.142. The van der Waals surface area contributed by atoms with Crippen LogP contribution in [-0.4, -0.2) is 17.7 Å². The van der Waals surface area contributed by atoms with Crippen LogP contribution < -0.4 is 0 Å². The third-order valence-electron chi connectivity index (χ3n) is 2.22. The number of halogens is 1. The van der Waals surface area contributed by atoms with Gasteiger partial charge < -0.3 is 9.84 Å². The van der Waals surface area contributed by atoms with Gasteiger partial charge >= 0.3 is 5.97 Å². The second-order valence-electron chi connectivity index (χ2n) is 3.35. The van der Waals surface area contributed by atoms with E-state index >= 15 is 0 Å². The largest absolute Gasteiger partial charge is 0.466 e. The molecular weight excluding hydrogens is 242 g/mol. The Hall–Kier alpha value is -1.57. The zero-order valence-corrected chi connectivity index (χ0v) is 10.1. The van der Waals surface area contributed by atoms with E-state index in [0.717, 1.165) is 0 Å². The van der Waals surface area contributed by atoms with Crippen molar-refractivity contribution >= 4 is 17.6 Å². The van der Waals surface area contributed by atoms with E-state index in [4.69, 9.17) is 26.7 Å². The average molecular weight is 254 g/mol. The lowest BCUT2D eigenvalue weighted by atomic mass is 10.0. The number of hydrogen-bond acceptors (Lipinski definition) is 4. The molecule has 0 radical (unpaired) electrons. The molecule has 90 valence electrons. The maximum absolute atomic E-state index is 11.3. The van der Waals surface area contributed by atoms with Gasteiger partial charge in [-0.3, -0.25) is 4.79 Å². The molecule has 1 rings (SSSR count). The highest BCUT2D eigenvalue weighted by molar-refractivity contribution is 6.31. The van der Waals surface area contributed by atoms with Crippen molar-refractivity contribution in [2.45, 2.75) is 20.0 Å². The number of ether oxygens (including phenoxy) is 1. The van der Waals surface area contributed by atoms with Crippen molar-refractivity contribution in [1.29, 1.82) is 5.26 Å². The predicted octanol–water partition coefficient (Wildman–Crippen LogP) is 1.81. The maximum Gasteiger partial charge on any atom is 0.310 e. The fraction of sp³-hybridized carbons (Fsp3) is 0.333. The van der Waals surface area contributed by atoms with Crippen molar-refractivity contribution < 1.29 is 14.6 Å². The molecule has 0 unspecified atom stereocenters. The normalized spacial score (nSPS) is 9.76. The molecule has 0 bridgehead atoms. The molecule has 0 fully saturated rings. The highest BCUT2D eigenvalue weighted by atomic mass is 35.5. The zero-order valence-electron chi connectivity index (χ0n) is 9.36. The van der Waals surface area contributed by atoms with Crippen molar-refractivity contribution in [3.8, 4) is 6.07 Å². The second kappa shape index (κ2) is 6.24. The topological polar surface area (TPSA) is 70.3 Å². The smallest absolute Gasteiger partial charge is 0.310 e. The summed E-state index contributed by atoms with van der Waals surface area (Å²) in [6.45, 7) is 1.78. The molecule has 5 heteroatoms. The van der Waals surface area contributed by atoms with Crippen molar-refractivity contribution in [2.24, 2.45) is 0 Å². The maximum atomic E-state index is 11.3. The van der Waals surface area contributed by atoms with Crippen molar-refractivity contribution in [3.63, 3.8) is 0 Å². The van der Waals surface area contributed by atoms with Gasteiger partial charge in [-0.1, -0.05) is 11.6 Å². The first-order valence-electron chi connectivity index (χ1n) is 5.10. The summed E-state index contributed by atoms with van der Waals surface area (Å²) in [7, 11) is 0. The Labute approximate surface area is 104 Å². The van der Waals surface area contributed by atoms with Crippen LogP contribution >= 0.6 is 11.6 Å². The van der Waals surface area contributed by atoms with Gasteiger partial charge in [0.05, 0.1) is 30.2 Å². The Kier molecular flexibility index (Phi) is 4.95. The Balaban J connectivity index is 3.05. The highest BCUT2D eigenvalue weighted by Gasteiger charge is 2.12. The predicted molar refractivity (Wildman–Crippen MR) is 62.4 cm³/mol. The zero-order chi connectivity index (χ0) is 12.8. The Morgan fingerprint density at radius 2 is 2.24 bits per heavy atom. The molecule has 0 aliphatic carbocycles. The van der Waals surface area contributed by atoms with Crippen molar-refractivity contribution in [2.75, 3.05) is 6.61 Å². The summed E-state index contributed by atoms with van der Waals surface area (Å²) in [6, 6.07) is 4.93. The van der Waals surface area contributed by atoms with Gasteiger partial charge in [0, 0.05) is 0 Å². The molecule has 0 saturated heterocycles. The van der Waals surface area contributed by atoms with E-state index in [1.165, 1.54) is 12.1 Å². The Bertz CT molecular complexity index is 466. The molecule has 0 spiro atoms. The third kappa shape index (κ3) is 3.45. The van der Waals surface area contributed by atoms with E-state index in [2.05, 4.69) is 0 Å². The highest BCUT2D eigenvalue weighted by Crippen LogP contribution is 2.22. The summed E-state index contributed by atoms with van der Waals surface area (Å²) in [5.74, 6) is -0.395. The number of esters is 1. The number of benzene rings is 1. The van der Waals surface area contributed by atoms with Gasteiger partial charge in [-0.05, 0) is 30.2 Å². The fourth-order valence-corrected chi connectivity index (χ4v) is 1.65. The molecule has 1 aromatic carbocycles. The number of nitrogens with zero attached hydrogens (tertiary/aromatic N) is 1. The molecule has 1 aromatic rings. The summed E-state index contributed by atoms with van der Waals surface area (Å²) in [6.07, 6.45) is 0.0234. The monoisotopic (exact) mass is 253 g/mol. The van der Waals surface area contributed by atoms with E-state index < -0.39 is 5.97 Å². The number of aliphatic hydroxyl groups excluding tert-OH is 1. The molecule has 4 nitrogen and oxygen atoms in total.